The highest BCUT2D eigenvalue weighted by Gasteiger charge is 2.21. The molecule has 0 aromatic carbocycles. The minimum atomic E-state index is -0.990. The summed E-state index contributed by atoms with van der Waals surface area (Å²) >= 11 is 1.96. The fourth-order valence-corrected chi connectivity index (χ4v) is 3.12. The highest BCUT2D eigenvalue weighted by atomic mass is 32.2. The van der Waals surface area contributed by atoms with Gasteiger partial charge in [0.15, 0.2) is 0 Å². The van der Waals surface area contributed by atoms with Gasteiger partial charge in [-0.15, -0.1) is 0 Å². The average Bonchev–Trinajstić information content (AvgIpc) is 2.63. The number of furan rings is 1. The molecule has 0 bridgehead atoms. The second kappa shape index (κ2) is 5.14. The maximum Gasteiger partial charge on any atom is 0.372 e. The fourth-order valence-electron chi connectivity index (χ4n) is 2.03. The Bertz CT molecular complexity index is 416. The molecule has 1 aromatic heterocycles. The lowest BCUT2D eigenvalue weighted by Gasteiger charge is -2.32. The van der Waals surface area contributed by atoms with Crippen LogP contribution in [0, 0.1) is 6.92 Å². The molecule has 1 N–H and O–H groups in total. The van der Waals surface area contributed by atoms with Gasteiger partial charge in [-0.3, -0.25) is 4.90 Å². The molecular formula is C12H17NO3S. The van der Waals surface area contributed by atoms with Gasteiger partial charge >= 0.3 is 5.97 Å². The summed E-state index contributed by atoms with van der Waals surface area (Å²) in [6.07, 6.45) is 0. The van der Waals surface area contributed by atoms with Gasteiger partial charge in [-0.25, -0.2) is 4.79 Å². The molecule has 2 heterocycles. The Labute approximate surface area is 105 Å². The third kappa shape index (κ3) is 2.84. The number of hydrogen-bond acceptors (Lipinski definition) is 4. The van der Waals surface area contributed by atoms with E-state index in [1.54, 1.807) is 6.92 Å². The van der Waals surface area contributed by atoms with E-state index in [0.717, 1.165) is 23.8 Å². The number of aryl methyl sites for hydroxylation is 1. The number of hydrogen-bond donors (Lipinski definition) is 1. The van der Waals surface area contributed by atoms with Gasteiger partial charge < -0.3 is 9.52 Å². The summed E-state index contributed by atoms with van der Waals surface area (Å²) in [5, 5.41) is 8.93. The first-order valence-corrected chi connectivity index (χ1v) is 6.88. The van der Waals surface area contributed by atoms with Gasteiger partial charge in [-0.2, -0.15) is 11.8 Å². The zero-order valence-electron chi connectivity index (χ0n) is 10.1. The van der Waals surface area contributed by atoms with Crippen molar-refractivity contribution in [2.45, 2.75) is 26.4 Å². The van der Waals surface area contributed by atoms with Gasteiger partial charge in [-0.05, 0) is 19.9 Å². The van der Waals surface area contributed by atoms with E-state index in [9.17, 15) is 4.79 Å². The van der Waals surface area contributed by atoms with Gasteiger partial charge in [0.1, 0.15) is 5.76 Å². The Morgan fingerprint density at radius 2 is 2.47 bits per heavy atom. The lowest BCUT2D eigenvalue weighted by Crippen LogP contribution is -2.39. The maximum absolute atomic E-state index is 10.9. The second-order valence-corrected chi connectivity index (χ2v) is 5.57. The first-order valence-electron chi connectivity index (χ1n) is 5.72. The normalized spacial score (nSPS) is 21.6. The standard InChI is InChI=1S/C12H17NO3S/c1-8-5-10(16-11(8)12(14)15)6-13-3-4-17-7-9(13)2/h5,9H,3-4,6-7H2,1-2H3,(H,14,15). The van der Waals surface area contributed by atoms with E-state index in [1.807, 2.05) is 17.8 Å². The smallest absolute Gasteiger partial charge is 0.372 e. The third-order valence-electron chi connectivity index (χ3n) is 3.03. The van der Waals surface area contributed by atoms with Gasteiger partial charge in [0.25, 0.3) is 0 Å². The van der Waals surface area contributed by atoms with Crippen LogP contribution in [0.5, 0.6) is 0 Å². The van der Waals surface area contributed by atoms with E-state index in [-0.39, 0.29) is 5.76 Å². The number of nitrogens with zero attached hydrogens (tertiary/aromatic N) is 1. The van der Waals surface area contributed by atoms with Crippen LogP contribution < -0.4 is 0 Å². The molecule has 0 radical (unpaired) electrons. The summed E-state index contributed by atoms with van der Waals surface area (Å²) in [7, 11) is 0. The Balaban J connectivity index is 2.07. The largest absolute Gasteiger partial charge is 0.475 e. The van der Waals surface area contributed by atoms with Crippen LogP contribution in [0.4, 0.5) is 0 Å². The van der Waals surface area contributed by atoms with Crippen LogP contribution in [-0.4, -0.2) is 40.1 Å². The van der Waals surface area contributed by atoms with E-state index >= 15 is 0 Å². The van der Waals surface area contributed by atoms with E-state index in [0.29, 0.717) is 18.2 Å². The monoisotopic (exact) mass is 255 g/mol. The predicted molar refractivity (Wildman–Crippen MR) is 67.6 cm³/mol. The van der Waals surface area contributed by atoms with Crippen molar-refractivity contribution in [3.8, 4) is 0 Å². The van der Waals surface area contributed by atoms with E-state index in [1.165, 1.54) is 0 Å². The van der Waals surface area contributed by atoms with Crippen LogP contribution in [0.15, 0.2) is 10.5 Å². The fraction of sp³-hybridized carbons (Fsp3) is 0.583. The second-order valence-electron chi connectivity index (χ2n) is 4.42. The topological polar surface area (TPSA) is 53.7 Å². The van der Waals surface area contributed by atoms with Gasteiger partial charge in [0, 0.05) is 29.7 Å². The van der Waals surface area contributed by atoms with Crippen LogP contribution in [0.2, 0.25) is 0 Å². The number of carboxylic acids is 1. The summed E-state index contributed by atoms with van der Waals surface area (Å²) in [4.78, 5) is 13.2. The molecule has 2 rings (SSSR count). The predicted octanol–water partition coefficient (Wildman–Crippen LogP) is 2.22. The van der Waals surface area contributed by atoms with Crippen molar-refractivity contribution in [2.24, 2.45) is 0 Å². The summed E-state index contributed by atoms with van der Waals surface area (Å²) in [5.41, 5.74) is 0.700. The van der Waals surface area contributed by atoms with Gasteiger partial charge in [-0.1, -0.05) is 0 Å². The molecule has 1 atom stereocenters. The van der Waals surface area contributed by atoms with Crippen molar-refractivity contribution >= 4 is 17.7 Å². The summed E-state index contributed by atoms with van der Waals surface area (Å²) in [6.45, 7) is 5.70. The van der Waals surface area contributed by atoms with Gasteiger partial charge in [0.05, 0.1) is 6.54 Å². The number of carbonyl (C=O) groups is 1. The highest BCUT2D eigenvalue weighted by Crippen LogP contribution is 2.21. The molecule has 17 heavy (non-hydrogen) atoms. The summed E-state index contributed by atoms with van der Waals surface area (Å²) in [6, 6.07) is 2.35. The van der Waals surface area contributed by atoms with Crippen molar-refractivity contribution in [1.82, 2.24) is 4.90 Å². The maximum atomic E-state index is 10.9. The molecule has 1 unspecified atom stereocenters. The molecule has 1 aliphatic rings. The Kier molecular flexibility index (Phi) is 3.79. The van der Waals surface area contributed by atoms with E-state index in [4.69, 9.17) is 9.52 Å². The van der Waals surface area contributed by atoms with Crippen LogP contribution in [0.25, 0.3) is 0 Å². The third-order valence-corrected chi connectivity index (χ3v) is 4.22. The molecule has 5 heteroatoms. The summed E-state index contributed by atoms with van der Waals surface area (Å²) < 4.78 is 5.38. The SMILES string of the molecule is Cc1cc(CN2CCSCC2C)oc1C(=O)O. The minimum absolute atomic E-state index is 0.0686. The molecule has 1 aliphatic heterocycles. The molecule has 4 nitrogen and oxygen atoms in total. The van der Waals surface area contributed by atoms with Gasteiger partial charge in [0.2, 0.25) is 5.76 Å². The molecule has 1 saturated heterocycles. The minimum Gasteiger partial charge on any atom is -0.475 e. The van der Waals surface area contributed by atoms with Crippen LogP contribution in [0.1, 0.15) is 28.8 Å². The van der Waals surface area contributed by atoms with Crippen molar-refractivity contribution in [3.63, 3.8) is 0 Å². The van der Waals surface area contributed by atoms with Crippen LogP contribution in [-0.2, 0) is 6.54 Å². The van der Waals surface area contributed by atoms with Crippen molar-refractivity contribution in [1.29, 1.82) is 0 Å². The number of aromatic carboxylic acids is 1. The first kappa shape index (κ1) is 12.5. The molecule has 0 spiro atoms. The molecule has 1 fully saturated rings. The van der Waals surface area contributed by atoms with Crippen molar-refractivity contribution in [3.05, 3.63) is 23.2 Å². The Hall–Kier alpha value is -0.940. The molecule has 0 saturated carbocycles. The molecule has 94 valence electrons. The zero-order valence-corrected chi connectivity index (χ0v) is 10.9. The highest BCUT2D eigenvalue weighted by molar-refractivity contribution is 7.99. The molecular weight excluding hydrogens is 238 g/mol. The Morgan fingerprint density at radius 1 is 1.71 bits per heavy atom. The summed E-state index contributed by atoms with van der Waals surface area (Å²) in [5.74, 6) is 2.09. The van der Waals surface area contributed by atoms with Crippen molar-refractivity contribution < 1.29 is 14.3 Å². The number of rotatable bonds is 3. The average molecular weight is 255 g/mol. The quantitative estimate of drug-likeness (QED) is 0.897. The van der Waals surface area contributed by atoms with Crippen molar-refractivity contribution in [2.75, 3.05) is 18.1 Å². The zero-order chi connectivity index (χ0) is 12.4. The van der Waals surface area contributed by atoms with E-state index in [2.05, 4.69) is 11.8 Å². The number of carboxylic acid groups (broad SMARTS) is 1. The number of thioether (sulfide) groups is 1. The van der Waals surface area contributed by atoms with E-state index < -0.39 is 5.97 Å². The molecule has 0 amide bonds. The molecule has 0 aliphatic carbocycles. The lowest BCUT2D eigenvalue weighted by molar-refractivity contribution is 0.0656. The first-order chi connectivity index (χ1) is 8.08. The van der Waals surface area contributed by atoms with Crippen LogP contribution in [0.3, 0.4) is 0 Å². The molecule has 1 aromatic rings. The van der Waals surface area contributed by atoms with Crippen LogP contribution >= 0.6 is 11.8 Å². The lowest BCUT2D eigenvalue weighted by atomic mass is 10.2. The Morgan fingerprint density at radius 3 is 3.06 bits per heavy atom.